The first kappa shape index (κ1) is 15.8. The topological polar surface area (TPSA) is 0 Å². The van der Waals surface area contributed by atoms with Crippen LogP contribution in [0, 0.1) is 0 Å². The Kier molecular flexibility index (Phi) is 2.66. The van der Waals surface area contributed by atoms with Gasteiger partial charge in [-0.05, 0) is 82.0 Å². The van der Waals surface area contributed by atoms with E-state index in [-0.39, 0.29) is 10.8 Å². The number of rotatable bonds is 0. The maximum Gasteiger partial charge on any atom is 0.0433 e. The molecular formula is C29H22. The summed E-state index contributed by atoms with van der Waals surface area (Å²) in [5.74, 6) is 0. The second kappa shape index (κ2) is 4.89. The van der Waals surface area contributed by atoms with Crippen molar-refractivity contribution in [1.29, 1.82) is 0 Å². The SMILES string of the molecule is CC12c3ccccc3C(C)(c3ccccc31)c1cc3c(cc12)Cc1ccccc1-3. The summed E-state index contributed by atoms with van der Waals surface area (Å²) in [7, 11) is 0. The number of benzene rings is 4. The molecular weight excluding hydrogens is 348 g/mol. The van der Waals surface area contributed by atoms with Gasteiger partial charge in [-0.3, -0.25) is 0 Å². The molecule has 8 rings (SSSR count). The van der Waals surface area contributed by atoms with Crippen molar-refractivity contribution in [3.05, 3.63) is 129 Å². The average Bonchev–Trinajstić information content (AvgIpc) is 3.14. The lowest BCUT2D eigenvalue weighted by Crippen LogP contribution is -2.48. The Labute approximate surface area is 171 Å². The van der Waals surface area contributed by atoms with Crippen LogP contribution in [0.3, 0.4) is 0 Å². The molecule has 0 spiro atoms. The Morgan fingerprint density at radius 1 is 0.483 bits per heavy atom. The Morgan fingerprint density at radius 2 is 0.966 bits per heavy atom. The fourth-order valence-corrected chi connectivity index (χ4v) is 6.59. The molecule has 4 aromatic carbocycles. The van der Waals surface area contributed by atoms with Crippen molar-refractivity contribution in [1.82, 2.24) is 0 Å². The lowest BCUT2D eigenvalue weighted by Gasteiger charge is -2.54. The van der Waals surface area contributed by atoms with Crippen molar-refractivity contribution in [3.8, 4) is 11.1 Å². The molecule has 0 unspecified atom stereocenters. The van der Waals surface area contributed by atoms with Crippen LogP contribution in [0.15, 0.2) is 84.9 Å². The van der Waals surface area contributed by atoms with Crippen LogP contribution in [-0.4, -0.2) is 0 Å². The Bertz CT molecular complexity index is 1310. The van der Waals surface area contributed by atoms with Gasteiger partial charge >= 0.3 is 0 Å². The molecule has 2 bridgehead atoms. The fourth-order valence-electron chi connectivity index (χ4n) is 6.59. The molecule has 4 aromatic rings. The van der Waals surface area contributed by atoms with Crippen LogP contribution in [0.4, 0.5) is 0 Å². The van der Waals surface area contributed by atoms with E-state index >= 15 is 0 Å². The third kappa shape index (κ3) is 1.61. The van der Waals surface area contributed by atoms with Gasteiger partial charge in [0.25, 0.3) is 0 Å². The van der Waals surface area contributed by atoms with E-state index in [2.05, 4.69) is 98.8 Å². The van der Waals surface area contributed by atoms with Gasteiger partial charge < -0.3 is 0 Å². The monoisotopic (exact) mass is 370 g/mol. The lowest BCUT2D eigenvalue weighted by atomic mass is 9.48. The first-order valence-electron chi connectivity index (χ1n) is 10.6. The summed E-state index contributed by atoms with van der Waals surface area (Å²) in [5.41, 5.74) is 14.5. The maximum atomic E-state index is 2.54. The van der Waals surface area contributed by atoms with E-state index in [9.17, 15) is 0 Å². The Hall–Kier alpha value is -3.12. The summed E-state index contributed by atoms with van der Waals surface area (Å²) in [5, 5.41) is 0. The van der Waals surface area contributed by atoms with Crippen LogP contribution in [0.5, 0.6) is 0 Å². The largest absolute Gasteiger partial charge is 0.0619 e. The molecule has 0 aliphatic heterocycles. The smallest absolute Gasteiger partial charge is 0.0433 e. The van der Waals surface area contributed by atoms with E-state index in [0.29, 0.717) is 0 Å². The van der Waals surface area contributed by atoms with Gasteiger partial charge in [0, 0.05) is 10.8 Å². The van der Waals surface area contributed by atoms with Crippen molar-refractivity contribution in [3.63, 3.8) is 0 Å². The van der Waals surface area contributed by atoms with E-state index < -0.39 is 0 Å². The maximum absolute atomic E-state index is 2.54. The predicted octanol–water partition coefficient (Wildman–Crippen LogP) is 6.59. The van der Waals surface area contributed by atoms with Crippen molar-refractivity contribution in [2.24, 2.45) is 0 Å². The molecule has 0 amide bonds. The molecule has 0 heterocycles. The summed E-state index contributed by atoms with van der Waals surface area (Å²) in [4.78, 5) is 0. The molecule has 4 aliphatic rings. The normalized spacial score (nSPS) is 24.3. The third-order valence-electron chi connectivity index (χ3n) is 8.02. The molecule has 0 heteroatoms. The molecule has 0 fully saturated rings. The molecule has 4 aliphatic carbocycles. The van der Waals surface area contributed by atoms with Crippen molar-refractivity contribution in [2.75, 3.05) is 0 Å². The first-order chi connectivity index (χ1) is 14.1. The van der Waals surface area contributed by atoms with Gasteiger partial charge in [-0.15, -0.1) is 0 Å². The van der Waals surface area contributed by atoms with Gasteiger partial charge in [-0.2, -0.15) is 0 Å². The van der Waals surface area contributed by atoms with Crippen LogP contribution < -0.4 is 0 Å². The summed E-state index contributed by atoms with van der Waals surface area (Å²) in [6.45, 7) is 4.88. The molecule has 0 atom stereocenters. The summed E-state index contributed by atoms with van der Waals surface area (Å²) in [6.07, 6.45) is 1.05. The van der Waals surface area contributed by atoms with Crippen LogP contribution in [0.25, 0.3) is 11.1 Å². The minimum absolute atomic E-state index is 0.0932. The Morgan fingerprint density at radius 3 is 1.55 bits per heavy atom. The van der Waals surface area contributed by atoms with Gasteiger partial charge in [-0.1, -0.05) is 78.9 Å². The van der Waals surface area contributed by atoms with Gasteiger partial charge in [-0.25, -0.2) is 0 Å². The number of hydrogen-bond acceptors (Lipinski definition) is 0. The quantitative estimate of drug-likeness (QED) is 0.288. The molecule has 0 radical (unpaired) electrons. The van der Waals surface area contributed by atoms with Crippen LogP contribution in [-0.2, 0) is 17.3 Å². The highest BCUT2D eigenvalue weighted by atomic mass is 14.6. The summed E-state index contributed by atoms with van der Waals surface area (Å²) >= 11 is 0. The highest BCUT2D eigenvalue weighted by Gasteiger charge is 2.54. The second-order valence-electron chi connectivity index (χ2n) is 9.23. The zero-order valence-electron chi connectivity index (χ0n) is 16.8. The number of fused-ring (bicyclic) bond motifs is 3. The van der Waals surface area contributed by atoms with Gasteiger partial charge in [0.05, 0.1) is 0 Å². The zero-order chi connectivity index (χ0) is 19.4. The zero-order valence-corrected chi connectivity index (χ0v) is 16.8. The van der Waals surface area contributed by atoms with Crippen molar-refractivity contribution in [2.45, 2.75) is 31.1 Å². The molecule has 0 nitrogen and oxygen atoms in total. The van der Waals surface area contributed by atoms with E-state index in [1.54, 1.807) is 0 Å². The molecule has 0 saturated carbocycles. The average molecular weight is 370 g/mol. The molecule has 138 valence electrons. The van der Waals surface area contributed by atoms with Gasteiger partial charge in [0.2, 0.25) is 0 Å². The minimum Gasteiger partial charge on any atom is -0.0619 e. The van der Waals surface area contributed by atoms with Gasteiger partial charge in [0.15, 0.2) is 0 Å². The second-order valence-corrected chi connectivity index (χ2v) is 9.23. The molecule has 0 aromatic heterocycles. The van der Waals surface area contributed by atoms with E-state index in [1.165, 1.54) is 55.6 Å². The fraction of sp³-hybridized carbons (Fsp3) is 0.172. The van der Waals surface area contributed by atoms with Crippen LogP contribution in [0.1, 0.15) is 58.4 Å². The Balaban J connectivity index is 1.64. The third-order valence-corrected chi connectivity index (χ3v) is 8.02. The highest BCUT2D eigenvalue weighted by Crippen LogP contribution is 2.62. The molecule has 0 saturated heterocycles. The molecule has 0 N–H and O–H groups in total. The summed E-state index contributed by atoms with van der Waals surface area (Å²) in [6, 6.07) is 32.2. The number of hydrogen-bond donors (Lipinski definition) is 0. The summed E-state index contributed by atoms with van der Waals surface area (Å²) < 4.78 is 0. The van der Waals surface area contributed by atoms with Crippen LogP contribution >= 0.6 is 0 Å². The highest BCUT2D eigenvalue weighted by molar-refractivity contribution is 5.83. The first-order valence-corrected chi connectivity index (χ1v) is 10.6. The molecule has 29 heavy (non-hydrogen) atoms. The van der Waals surface area contributed by atoms with Crippen LogP contribution in [0.2, 0.25) is 0 Å². The van der Waals surface area contributed by atoms with E-state index in [0.717, 1.165) is 6.42 Å². The predicted molar refractivity (Wildman–Crippen MR) is 119 cm³/mol. The van der Waals surface area contributed by atoms with E-state index in [4.69, 9.17) is 0 Å². The standard InChI is InChI=1S/C29H22/c1-28-22-11-5-7-13-24(22)29(2,25-14-8-6-12-23(25)28)27-17-21-19(16-26(27)28)15-18-9-3-4-10-20(18)21/h3-14,16-17H,15H2,1-2H3. The lowest BCUT2D eigenvalue weighted by molar-refractivity contribution is 0.511. The van der Waals surface area contributed by atoms with Gasteiger partial charge in [0.1, 0.15) is 0 Å². The minimum atomic E-state index is -0.104. The van der Waals surface area contributed by atoms with Crippen molar-refractivity contribution >= 4 is 0 Å². The van der Waals surface area contributed by atoms with Crippen molar-refractivity contribution < 1.29 is 0 Å². The van der Waals surface area contributed by atoms with E-state index in [1.807, 2.05) is 0 Å².